The Morgan fingerprint density at radius 1 is 1.17 bits per heavy atom. The quantitative estimate of drug-likeness (QED) is 0.780. The van der Waals surface area contributed by atoms with E-state index < -0.39 is 0 Å². The van der Waals surface area contributed by atoms with E-state index >= 15 is 0 Å². The summed E-state index contributed by atoms with van der Waals surface area (Å²) in [6.07, 6.45) is 4.40. The van der Waals surface area contributed by atoms with Gasteiger partial charge in [-0.05, 0) is 42.7 Å². The van der Waals surface area contributed by atoms with Crippen LogP contribution < -0.4 is 5.32 Å². The Kier molecular flexibility index (Phi) is 4.70. The molecule has 1 amide bonds. The number of nitrogens with zero attached hydrogens (tertiary/aromatic N) is 2. The van der Waals surface area contributed by atoms with E-state index in [1.165, 1.54) is 5.56 Å². The highest BCUT2D eigenvalue weighted by Crippen LogP contribution is 2.22. The Hall–Kier alpha value is -2.95. The normalized spacial score (nSPS) is 10.6. The SMILES string of the molecule is CCc1ccc(-c2nc(C(=O)NCc3cccnc3)c(C)o2)cc1. The van der Waals surface area contributed by atoms with Gasteiger partial charge in [-0.15, -0.1) is 0 Å². The van der Waals surface area contributed by atoms with Crippen LogP contribution >= 0.6 is 0 Å². The van der Waals surface area contributed by atoms with E-state index in [4.69, 9.17) is 4.42 Å². The Morgan fingerprint density at radius 2 is 1.96 bits per heavy atom. The van der Waals surface area contributed by atoms with Gasteiger partial charge < -0.3 is 9.73 Å². The molecule has 0 aliphatic heterocycles. The van der Waals surface area contributed by atoms with Gasteiger partial charge in [0.1, 0.15) is 5.76 Å². The molecule has 0 spiro atoms. The monoisotopic (exact) mass is 321 g/mol. The Labute approximate surface area is 140 Å². The van der Waals surface area contributed by atoms with Gasteiger partial charge in [-0.1, -0.05) is 25.1 Å². The molecular formula is C19H19N3O2. The van der Waals surface area contributed by atoms with Crippen LogP contribution in [0.2, 0.25) is 0 Å². The maximum absolute atomic E-state index is 12.3. The zero-order chi connectivity index (χ0) is 16.9. The topological polar surface area (TPSA) is 68.0 Å². The van der Waals surface area contributed by atoms with E-state index in [-0.39, 0.29) is 5.91 Å². The van der Waals surface area contributed by atoms with Gasteiger partial charge in [0.2, 0.25) is 5.89 Å². The first kappa shape index (κ1) is 15.9. The average molecular weight is 321 g/mol. The molecule has 2 heterocycles. The van der Waals surface area contributed by atoms with Crippen LogP contribution in [0.15, 0.2) is 53.2 Å². The number of rotatable bonds is 5. The third kappa shape index (κ3) is 3.51. The summed E-state index contributed by atoms with van der Waals surface area (Å²) in [4.78, 5) is 20.7. The minimum atomic E-state index is -0.253. The van der Waals surface area contributed by atoms with Gasteiger partial charge in [0.25, 0.3) is 5.91 Å². The van der Waals surface area contributed by atoms with Crippen molar-refractivity contribution in [3.8, 4) is 11.5 Å². The summed E-state index contributed by atoms with van der Waals surface area (Å²) in [6, 6.07) is 11.7. The van der Waals surface area contributed by atoms with Crippen molar-refractivity contribution in [1.29, 1.82) is 0 Å². The van der Waals surface area contributed by atoms with Crippen molar-refractivity contribution in [2.75, 3.05) is 0 Å². The van der Waals surface area contributed by atoms with Crippen molar-refractivity contribution < 1.29 is 9.21 Å². The van der Waals surface area contributed by atoms with Gasteiger partial charge in [0.15, 0.2) is 5.69 Å². The summed E-state index contributed by atoms with van der Waals surface area (Å²) in [5, 5.41) is 2.84. The van der Waals surface area contributed by atoms with Crippen molar-refractivity contribution in [2.45, 2.75) is 26.8 Å². The van der Waals surface area contributed by atoms with Gasteiger partial charge in [-0.25, -0.2) is 4.98 Å². The lowest BCUT2D eigenvalue weighted by molar-refractivity contribution is 0.0945. The molecule has 5 heteroatoms. The van der Waals surface area contributed by atoms with Crippen LogP contribution in [-0.2, 0) is 13.0 Å². The molecule has 0 fully saturated rings. The number of hydrogen-bond donors (Lipinski definition) is 1. The summed E-state index contributed by atoms with van der Waals surface area (Å²) in [7, 11) is 0. The summed E-state index contributed by atoms with van der Waals surface area (Å²) in [5.41, 5.74) is 3.36. The van der Waals surface area contributed by atoms with Gasteiger partial charge in [0, 0.05) is 24.5 Å². The molecule has 0 saturated carbocycles. The number of aromatic nitrogens is 2. The Balaban J connectivity index is 1.74. The number of pyridine rings is 1. The first-order valence-electron chi connectivity index (χ1n) is 7.91. The largest absolute Gasteiger partial charge is 0.441 e. The van der Waals surface area contributed by atoms with Crippen molar-refractivity contribution in [1.82, 2.24) is 15.3 Å². The molecule has 24 heavy (non-hydrogen) atoms. The van der Waals surface area contributed by atoms with E-state index in [9.17, 15) is 4.79 Å². The lowest BCUT2D eigenvalue weighted by Crippen LogP contribution is -2.23. The maximum atomic E-state index is 12.3. The molecule has 0 unspecified atom stereocenters. The minimum Gasteiger partial charge on any atom is -0.441 e. The number of carbonyl (C=O) groups is 1. The van der Waals surface area contributed by atoms with Crippen LogP contribution in [0.3, 0.4) is 0 Å². The van der Waals surface area contributed by atoms with Gasteiger partial charge in [-0.3, -0.25) is 9.78 Å². The highest BCUT2D eigenvalue weighted by molar-refractivity contribution is 5.93. The van der Waals surface area contributed by atoms with Crippen LogP contribution in [-0.4, -0.2) is 15.9 Å². The Morgan fingerprint density at radius 3 is 2.62 bits per heavy atom. The third-order valence-corrected chi connectivity index (χ3v) is 3.80. The zero-order valence-corrected chi connectivity index (χ0v) is 13.7. The third-order valence-electron chi connectivity index (χ3n) is 3.80. The smallest absolute Gasteiger partial charge is 0.273 e. The molecular weight excluding hydrogens is 302 g/mol. The van der Waals surface area contributed by atoms with Crippen molar-refractivity contribution in [3.63, 3.8) is 0 Å². The number of nitrogens with one attached hydrogen (secondary N) is 1. The first-order chi connectivity index (χ1) is 11.7. The number of hydrogen-bond acceptors (Lipinski definition) is 4. The van der Waals surface area contributed by atoms with E-state index in [0.29, 0.717) is 23.9 Å². The number of aryl methyl sites for hydroxylation is 2. The summed E-state index contributed by atoms with van der Waals surface area (Å²) in [6.45, 7) is 4.25. The van der Waals surface area contributed by atoms with E-state index in [1.54, 1.807) is 19.3 Å². The fraction of sp³-hybridized carbons (Fsp3) is 0.211. The molecule has 2 aromatic heterocycles. The number of carbonyl (C=O) groups excluding carboxylic acids is 1. The number of benzene rings is 1. The van der Waals surface area contributed by atoms with Gasteiger partial charge in [-0.2, -0.15) is 0 Å². The molecule has 1 N–H and O–H groups in total. The molecule has 5 nitrogen and oxygen atoms in total. The molecule has 0 atom stereocenters. The summed E-state index contributed by atoms with van der Waals surface area (Å²) in [5.74, 6) is 0.714. The maximum Gasteiger partial charge on any atom is 0.273 e. The minimum absolute atomic E-state index is 0.253. The molecule has 0 radical (unpaired) electrons. The van der Waals surface area contributed by atoms with E-state index in [2.05, 4.69) is 22.2 Å². The lowest BCUT2D eigenvalue weighted by atomic mass is 10.1. The first-order valence-corrected chi connectivity index (χ1v) is 7.91. The lowest BCUT2D eigenvalue weighted by Gasteiger charge is -2.02. The molecule has 3 rings (SSSR count). The summed E-state index contributed by atoms with van der Waals surface area (Å²) < 4.78 is 5.66. The van der Waals surface area contributed by atoms with Crippen molar-refractivity contribution in [2.24, 2.45) is 0 Å². The van der Waals surface area contributed by atoms with Crippen LogP contribution in [0.25, 0.3) is 11.5 Å². The molecule has 3 aromatic rings. The van der Waals surface area contributed by atoms with Gasteiger partial charge >= 0.3 is 0 Å². The molecule has 0 aliphatic carbocycles. The summed E-state index contributed by atoms with van der Waals surface area (Å²) >= 11 is 0. The second-order valence-electron chi connectivity index (χ2n) is 5.52. The van der Waals surface area contributed by atoms with Crippen LogP contribution in [0.4, 0.5) is 0 Å². The predicted molar refractivity (Wildman–Crippen MR) is 91.5 cm³/mol. The van der Waals surface area contributed by atoms with E-state index in [0.717, 1.165) is 17.5 Å². The molecule has 1 aromatic carbocycles. The Bertz CT molecular complexity index is 824. The molecule has 0 saturated heterocycles. The van der Waals surface area contributed by atoms with E-state index in [1.807, 2.05) is 36.4 Å². The van der Waals surface area contributed by atoms with Gasteiger partial charge in [0.05, 0.1) is 0 Å². The average Bonchev–Trinajstić information content (AvgIpc) is 3.02. The molecule has 122 valence electrons. The fourth-order valence-electron chi connectivity index (χ4n) is 2.38. The predicted octanol–water partition coefficient (Wildman–Crippen LogP) is 3.54. The van der Waals surface area contributed by atoms with Crippen molar-refractivity contribution >= 4 is 5.91 Å². The van der Waals surface area contributed by atoms with Crippen LogP contribution in [0.1, 0.15) is 34.3 Å². The highest BCUT2D eigenvalue weighted by Gasteiger charge is 2.17. The standard InChI is InChI=1S/C19H19N3O2/c1-3-14-6-8-16(9-7-14)19-22-17(13(2)24-19)18(23)21-12-15-5-4-10-20-11-15/h4-11H,3,12H2,1-2H3,(H,21,23). The molecule has 0 aliphatic rings. The number of oxazole rings is 1. The number of amides is 1. The highest BCUT2D eigenvalue weighted by atomic mass is 16.4. The van der Waals surface area contributed by atoms with Crippen LogP contribution in [0, 0.1) is 6.92 Å². The van der Waals surface area contributed by atoms with Crippen molar-refractivity contribution in [3.05, 3.63) is 71.4 Å². The zero-order valence-electron chi connectivity index (χ0n) is 13.7. The fourth-order valence-corrected chi connectivity index (χ4v) is 2.38. The molecule has 0 bridgehead atoms. The second kappa shape index (κ2) is 7.08. The second-order valence-corrected chi connectivity index (χ2v) is 5.52. The van der Waals surface area contributed by atoms with Crippen LogP contribution in [0.5, 0.6) is 0 Å².